The molecule has 1 aliphatic heterocycles. The Bertz CT molecular complexity index is 130. The Balaban J connectivity index is 2.09. The molecule has 0 spiro atoms. The van der Waals surface area contributed by atoms with Crippen LogP contribution in [0.25, 0.3) is 0 Å². The van der Waals surface area contributed by atoms with Crippen LogP contribution in [-0.4, -0.2) is 28.3 Å². The van der Waals surface area contributed by atoms with Crippen LogP contribution in [0.5, 0.6) is 0 Å². The van der Waals surface area contributed by atoms with Crippen LogP contribution in [0.3, 0.4) is 0 Å². The normalized spacial score (nSPS) is 20.0. The summed E-state index contributed by atoms with van der Waals surface area (Å²) >= 11 is 0. The smallest absolute Gasteiger partial charge is 0.308 e. The lowest BCUT2D eigenvalue weighted by atomic mass is 10.3. The van der Waals surface area contributed by atoms with Gasteiger partial charge in [-0.1, -0.05) is 0 Å². The average Bonchev–Trinajstić information content (AvgIpc) is 2.03. The van der Waals surface area contributed by atoms with Crippen LogP contribution >= 0.6 is 0 Å². The van der Waals surface area contributed by atoms with Gasteiger partial charge in [-0.05, 0) is 30.2 Å². The lowest BCUT2D eigenvalue weighted by Crippen LogP contribution is -2.22. The summed E-state index contributed by atoms with van der Waals surface area (Å²) in [6.45, 7) is 0. The minimum atomic E-state index is -0.636. The first-order valence-corrected chi connectivity index (χ1v) is 5.88. The minimum absolute atomic E-state index is 0.378. The number of carboxylic acid groups (broad SMARTS) is 1. The standard InChI is InChI=1S/C8H14O2S/c9-8(10)4-7-11-5-2-1-3-6-11/h1-7H2/p+1. The SMILES string of the molecule is O=C(O)CC[S+]1CCCCC1. The molecule has 0 unspecified atom stereocenters. The Morgan fingerprint density at radius 2 is 1.91 bits per heavy atom. The fraction of sp³-hybridized carbons (Fsp3) is 0.875. The van der Waals surface area contributed by atoms with Gasteiger partial charge in [0.1, 0.15) is 17.3 Å². The molecule has 1 saturated heterocycles. The van der Waals surface area contributed by atoms with E-state index in [1.807, 2.05) is 0 Å². The van der Waals surface area contributed by atoms with Crippen LogP contribution in [0.1, 0.15) is 25.7 Å². The third-order valence-electron chi connectivity index (χ3n) is 1.97. The number of carboxylic acids is 1. The quantitative estimate of drug-likeness (QED) is 0.656. The van der Waals surface area contributed by atoms with E-state index in [0.29, 0.717) is 17.3 Å². The lowest BCUT2D eigenvalue weighted by molar-refractivity contribution is -0.136. The predicted molar refractivity (Wildman–Crippen MR) is 48.1 cm³/mol. The molecule has 11 heavy (non-hydrogen) atoms. The molecule has 0 saturated carbocycles. The van der Waals surface area contributed by atoms with Gasteiger partial charge in [0.25, 0.3) is 0 Å². The molecule has 0 radical (unpaired) electrons. The van der Waals surface area contributed by atoms with Gasteiger partial charge in [-0.3, -0.25) is 4.79 Å². The predicted octanol–water partition coefficient (Wildman–Crippen LogP) is 1.26. The fourth-order valence-electron chi connectivity index (χ4n) is 1.33. The van der Waals surface area contributed by atoms with E-state index in [1.54, 1.807) is 0 Å². The van der Waals surface area contributed by atoms with Crippen LogP contribution in [-0.2, 0) is 15.7 Å². The summed E-state index contributed by atoms with van der Waals surface area (Å²) in [6, 6.07) is 0. The van der Waals surface area contributed by atoms with Crippen LogP contribution in [0.4, 0.5) is 0 Å². The Morgan fingerprint density at radius 1 is 1.27 bits per heavy atom. The van der Waals surface area contributed by atoms with Gasteiger partial charge in [-0.25, -0.2) is 0 Å². The Morgan fingerprint density at radius 3 is 2.45 bits per heavy atom. The summed E-state index contributed by atoms with van der Waals surface area (Å²) < 4.78 is 0. The second kappa shape index (κ2) is 4.65. The zero-order valence-electron chi connectivity index (χ0n) is 6.71. The monoisotopic (exact) mass is 175 g/mol. The molecule has 1 heterocycles. The Labute approximate surface area is 70.3 Å². The molecule has 0 aromatic rings. The van der Waals surface area contributed by atoms with E-state index < -0.39 is 5.97 Å². The molecule has 3 heteroatoms. The maximum Gasteiger partial charge on any atom is 0.308 e. The maximum absolute atomic E-state index is 10.2. The summed E-state index contributed by atoms with van der Waals surface area (Å²) in [5.41, 5.74) is 0. The fourth-order valence-corrected chi connectivity index (χ4v) is 3.63. The van der Waals surface area contributed by atoms with Gasteiger partial charge >= 0.3 is 5.97 Å². The summed E-state index contributed by atoms with van der Waals surface area (Å²) in [5, 5.41) is 8.45. The molecule has 0 bridgehead atoms. The number of hydrogen-bond acceptors (Lipinski definition) is 1. The van der Waals surface area contributed by atoms with Crippen LogP contribution < -0.4 is 0 Å². The Hall–Kier alpha value is -0.180. The van der Waals surface area contributed by atoms with Crippen molar-refractivity contribution in [2.24, 2.45) is 0 Å². The van der Waals surface area contributed by atoms with Gasteiger partial charge in [-0.2, -0.15) is 0 Å². The van der Waals surface area contributed by atoms with E-state index in [-0.39, 0.29) is 0 Å². The van der Waals surface area contributed by atoms with Crippen molar-refractivity contribution >= 4 is 16.9 Å². The van der Waals surface area contributed by atoms with Crippen molar-refractivity contribution < 1.29 is 9.90 Å². The van der Waals surface area contributed by atoms with E-state index in [2.05, 4.69) is 0 Å². The zero-order valence-corrected chi connectivity index (χ0v) is 7.53. The maximum atomic E-state index is 10.2. The highest BCUT2D eigenvalue weighted by atomic mass is 32.2. The van der Waals surface area contributed by atoms with E-state index in [9.17, 15) is 4.79 Å². The third-order valence-corrected chi connectivity index (χ3v) is 4.48. The number of aliphatic carboxylic acids is 1. The van der Waals surface area contributed by atoms with Crippen molar-refractivity contribution in [2.45, 2.75) is 25.7 Å². The molecule has 64 valence electrons. The minimum Gasteiger partial charge on any atom is -0.481 e. The van der Waals surface area contributed by atoms with Crippen molar-refractivity contribution in [2.75, 3.05) is 17.3 Å². The molecule has 0 atom stereocenters. The van der Waals surface area contributed by atoms with E-state index >= 15 is 0 Å². The number of carbonyl (C=O) groups is 1. The van der Waals surface area contributed by atoms with Crippen molar-refractivity contribution in [1.82, 2.24) is 0 Å². The summed E-state index contributed by atoms with van der Waals surface area (Å²) in [7, 11) is 0.454. The highest BCUT2D eigenvalue weighted by Gasteiger charge is 2.21. The van der Waals surface area contributed by atoms with Crippen molar-refractivity contribution in [3.05, 3.63) is 0 Å². The zero-order chi connectivity index (χ0) is 8.10. The van der Waals surface area contributed by atoms with Crippen LogP contribution in [0, 0.1) is 0 Å². The molecule has 0 aromatic carbocycles. The molecular formula is C8H15O2S+. The third kappa shape index (κ3) is 3.65. The summed E-state index contributed by atoms with van der Waals surface area (Å²) in [5.74, 6) is 2.86. The highest BCUT2D eigenvalue weighted by molar-refractivity contribution is 7.96. The highest BCUT2D eigenvalue weighted by Crippen LogP contribution is 2.14. The van der Waals surface area contributed by atoms with Crippen molar-refractivity contribution in [1.29, 1.82) is 0 Å². The van der Waals surface area contributed by atoms with Gasteiger partial charge in [-0.15, -0.1) is 0 Å². The van der Waals surface area contributed by atoms with Gasteiger partial charge in [0.05, 0.1) is 6.42 Å². The van der Waals surface area contributed by atoms with E-state index in [4.69, 9.17) is 5.11 Å². The van der Waals surface area contributed by atoms with Crippen LogP contribution in [0.2, 0.25) is 0 Å². The number of hydrogen-bond donors (Lipinski definition) is 1. The topological polar surface area (TPSA) is 37.3 Å². The Kier molecular flexibility index (Phi) is 3.77. The summed E-state index contributed by atoms with van der Waals surface area (Å²) in [6.07, 6.45) is 4.38. The molecule has 0 amide bonds. The van der Waals surface area contributed by atoms with E-state index in [1.165, 1.54) is 30.8 Å². The average molecular weight is 175 g/mol. The largest absolute Gasteiger partial charge is 0.481 e. The molecule has 2 nitrogen and oxygen atoms in total. The van der Waals surface area contributed by atoms with Gasteiger partial charge in [0.2, 0.25) is 0 Å². The second-order valence-electron chi connectivity index (χ2n) is 2.93. The first-order chi connectivity index (χ1) is 5.29. The van der Waals surface area contributed by atoms with Crippen molar-refractivity contribution in [3.63, 3.8) is 0 Å². The number of rotatable bonds is 3. The van der Waals surface area contributed by atoms with Gasteiger partial charge < -0.3 is 5.11 Å². The van der Waals surface area contributed by atoms with Gasteiger partial charge in [0, 0.05) is 0 Å². The molecule has 0 aliphatic carbocycles. The summed E-state index contributed by atoms with van der Waals surface area (Å²) in [4.78, 5) is 10.2. The second-order valence-corrected chi connectivity index (χ2v) is 5.38. The lowest BCUT2D eigenvalue weighted by Gasteiger charge is -2.12. The first-order valence-electron chi connectivity index (χ1n) is 4.15. The van der Waals surface area contributed by atoms with Crippen LogP contribution in [0.15, 0.2) is 0 Å². The molecular weight excluding hydrogens is 160 g/mol. The molecule has 1 rings (SSSR count). The molecule has 1 N–H and O–H groups in total. The molecule has 0 aromatic heterocycles. The first kappa shape index (κ1) is 8.91. The van der Waals surface area contributed by atoms with Gasteiger partial charge in [0.15, 0.2) is 0 Å². The van der Waals surface area contributed by atoms with E-state index in [0.717, 1.165) is 5.75 Å². The van der Waals surface area contributed by atoms with Crippen molar-refractivity contribution in [3.8, 4) is 0 Å². The molecule has 1 aliphatic rings. The molecule has 1 fully saturated rings.